The van der Waals surface area contributed by atoms with Gasteiger partial charge in [-0.15, -0.1) is 10.2 Å². The van der Waals surface area contributed by atoms with Gasteiger partial charge in [-0.25, -0.2) is 0 Å². The first-order valence-electron chi connectivity index (χ1n) is 9.03. The number of nitrogens with zero attached hydrogens (tertiary/aromatic N) is 3. The molecule has 1 N–H and O–H groups in total. The number of rotatable bonds is 3. The van der Waals surface area contributed by atoms with Gasteiger partial charge in [0.15, 0.2) is 16.9 Å². The fourth-order valence-electron chi connectivity index (χ4n) is 3.74. The molecule has 4 aromatic rings. The van der Waals surface area contributed by atoms with Gasteiger partial charge in [-0.1, -0.05) is 29.0 Å². The smallest absolute Gasteiger partial charge is 0.297 e. The number of carbonyl (C=O) groups is 1. The van der Waals surface area contributed by atoms with Crippen LogP contribution >= 0.6 is 11.3 Å². The Balaban J connectivity index is 1.83. The second-order valence-corrected chi connectivity index (χ2v) is 7.72. The molecule has 30 heavy (non-hydrogen) atoms. The molecule has 1 aliphatic heterocycles. The Morgan fingerprint density at radius 3 is 2.77 bits per heavy atom. The van der Waals surface area contributed by atoms with Crippen molar-refractivity contribution in [3.63, 3.8) is 0 Å². The number of fused-ring (bicyclic) bond motifs is 2. The number of hydrogen-bond acceptors (Lipinski definition) is 8. The number of aryl methyl sites for hydroxylation is 1. The third-order valence-electron chi connectivity index (χ3n) is 5.10. The average Bonchev–Trinajstić information content (AvgIpc) is 3.36. The van der Waals surface area contributed by atoms with Crippen LogP contribution in [0.5, 0.6) is 11.5 Å². The number of hydrogen-bond donors (Lipinski definition) is 1. The molecule has 2 aromatic carbocycles. The van der Waals surface area contributed by atoms with Gasteiger partial charge in [0.25, 0.3) is 5.91 Å². The average molecular weight is 421 g/mol. The summed E-state index contributed by atoms with van der Waals surface area (Å²) in [6.45, 7) is 1.88. The normalized spacial score (nSPS) is 15.6. The number of aromatic hydroxyl groups is 1. The van der Waals surface area contributed by atoms with Crippen molar-refractivity contribution in [2.45, 2.75) is 13.0 Å². The van der Waals surface area contributed by atoms with E-state index >= 15 is 0 Å². The Bertz CT molecular complexity index is 1360. The number of phenols is 1. The minimum atomic E-state index is -0.795. The van der Waals surface area contributed by atoms with Crippen LogP contribution in [0.1, 0.15) is 33.3 Å². The van der Waals surface area contributed by atoms with Crippen molar-refractivity contribution >= 4 is 33.3 Å². The second-order valence-electron chi connectivity index (χ2n) is 6.90. The van der Waals surface area contributed by atoms with E-state index in [0.717, 1.165) is 5.56 Å². The molecule has 0 aliphatic carbocycles. The van der Waals surface area contributed by atoms with E-state index in [1.807, 2.05) is 13.0 Å². The molecule has 0 fully saturated rings. The lowest BCUT2D eigenvalue weighted by Gasteiger charge is -2.22. The molecule has 0 radical (unpaired) electrons. The number of ether oxygens (including phenoxy) is 1. The Hall–Kier alpha value is -3.72. The van der Waals surface area contributed by atoms with Gasteiger partial charge < -0.3 is 14.3 Å². The molecule has 3 heterocycles. The van der Waals surface area contributed by atoms with Gasteiger partial charge in [-0.05, 0) is 36.8 Å². The van der Waals surface area contributed by atoms with E-state index in [1.165, 1.54) is 34.9 Å². The maximum atomic E-state index is 13.5. The highest BCUT2D eigenvalue weighted by Gasteiger charge is 2.45. The molecule has 1 atom stereocenters. The maximum Gasteiger partial charge on any atom is 0.297 e. The van der Waals surface area contributed by atoms with Crippen molar-refractivity contribution in [2.24, 2.45) is 0 Å². The van der Waals surface area contributed by atoms with Crippen LogP contribution < -0.4 is 15.1 Å². The second kappa shape index (κ2) is 6.67. The summed E-state index contributed by atoms with van der Waals surface area (Å²) >= 11 is 1.18. The van der Waals surface area contributed by atoms with Crippen molar-refractivity contribution < 1.29 is 19.1 Å². The monoisotopic (exact) mass is 421 g/mol. The van der Waals surface area contributed by atoms with Crippen LogP contribution in [0.4, 0.5) is 5.13 Å². The van der Waals surface area contributed by atoms with Crippen molar-refractivity contribution in [1.82, 2.24) is 10.2 Å². The van der Waals surface area contributed by atoms with E-state index in [2.05, 4.69) is 10.2 Å². The number of amides is 1. The van der Waals surface area contributed by atoms with Gasteiger partial charge >= 0.3 is 0 Å². The molecular weight excluding hydrogens is 406 g/mol. The molecular formula is C21H15N3O5S. The van der Waals surface area contributed by atoms with E-state index < -0.39 is 11.9 Å². The van der Waals surface area contributed by atoms with Crippen LogP contribution in [-0.2, 0) is 0 Å². The Morgan fingerprint density at radius 1 is 1.20 bits per heavy atom. The number of methoxy groups -OCH3 is 1. The Morgan fingerprint density at radius 2 is 2.03 bits per heavy atom. The summed E-state index contributed by atoms with van der Waals surface area (Å²) in [5, 5.41) is 18.6. The highest BCUT2D eigenvalue weighted by atomic mass is 32.1. The molecule has 1 unspecified atom stereocenters. The van der Waals surface area contributed by atoms with Crippen molar-refractivity contribution in [2.75, 3.05) is 12.0 Å². The fraction of sp³-hybridized carbons (Fsp3) is 0.143. The quantitative estimate of drug-likeness (QED) is 0.540. The first kappa shape index (κ1) is 18.3. The van der Waals surface area contributed by atoms with Gasteiger partial charge in [0.05, 0.1) is 24.1 Å². The van der Waals surface area contributed by atoms with Crippen molar-refractivity contribution in [1.29, 1.82) is 0 Å². The molecule has 1 amide bonds. The molecule has 2 aromatic heterocycles. The summed E-state index contributed by atoms with van der Waals surface area (Å²) in [4.78, 5) is 28.2. The highest BCUT2D eigenvalue weighted by Crippen LogP contribution is 2.43. The zero-order valence-corrected chi connectivity index (χ0v) is 16.8. The topological polar surface area (TPSA) is 106 Å². The molecule has 150 valence electrons. The summed E-state index contributed by atoms with van der Waals surface area (Å²) in [7, 11) is 1.43. The molecule has 8 nitrogen and oxygen atoms in total. The molecule has 0 saturated heterocycles. The molecule has 5 rings (SSSR count). The van der Waals surface area contributed by atoms with Crippen molar-refractivity contribution in [3.05, 3.63) is 74.6 Å². The first-order valence-corrected chi connectivity index (χ1v) is 9.91. The summed E-state index contributed by atoms with van der Waals surface area (Å²) in [6.07, 6.45) is 0. The van der Waals surface area contributed by atoms with E-state index in [4.69, 9.17) is 9.15 Å². The predicted molar refractivity (Wildman–Crippen MR) is 110 cm³/mol. The third-order valence-corrected chi connectivity index (χ3v) is 5.79. The van der Waals surface area contributed by atoms with Gasteiger partial charge in [-0.3, -0.25) is 14.5 Å². The van der Waals surface area contributed by atoms with E-state index in [0.29, 0.717) is 21.7 Å². The number of phenolic OH excluding ortho intramolecular Hbond substituents is 1. The fourth-order valence-corrected chi connectivity index (χ4v) is 4.32. The van der Waals surface area contributed by atoms with E-state index in [-0.39, 0.29) is 28.3 Å². The van der Waals surface area contributed by atoms with E-state index in [1.54, 1.807) is 24.3 Å². The third kappa shape index (κ3) is 2.59. The predicted octanol–water partition coefficient (Wildman–Crippen LogP) is 3.42. The summed E-state index contributed by atoms with van der Waals surface area (Å²) in [6, 6.07) is 9.15. The number of anilines is 1. The molecule has 9 heteroatoms. The van der Waals surface area contributed by atoms with Crippen LogP contribution in [0.2, 0.25) is 0 Å². The zero-order valence-electron chi connectivity index (χ0n) is 15.9. The Kier molecular flexibility index (Phi) is 4.07. The zero-order chi connectivity index (χ0) is 21.0. The highest BCUT2D eigenvalue weighted by molar-refractivity contribution is 7.13. The number of benzene rings is 2. The summed E-state index contributed by atoms with van der Waals surface area (Å²) < 4.78 is 11.1. The van der Waals surface area contributed by atoms with Crippen LogP contribution in [0.3, 0.4) is 0 Å². The largest absolute Gasteiger partial charge is 0.504 e. The minimum Gasteiger partial charge on any atom is -0.504 e. The minimum absolute atomic E-state index is 0.0244. The van der Waals surface area contributed by atoms with Gasteiger partial charge in [-0.2, -0.15) is 0 Å². The number of aromatic nitrogens is 2. The number of carbonyl (C=O) groups excluding carboxylic acids is 1. The van der Waals surface area contributed by atoms with E-state index in [9.17, 15) is 14.7 Å². The lowest BCUT2D eigenvalue weighted by molar-refractivity contribution is 0.0970. The lowest BCUT2D eigenvalue weighted by Crippen LogP contribution is -2.29. The SMILES string of the molecule is COc1cc(C2c3c(oc4ccc(C)cc4c3=O)C(=O)N2c2nncs2)ccc1O. The Labute approximate surface area is 174 Å². The van der Waals surface area contributed by atoms with Crippen LogP contribution in [-0.4, -0.2) is 28.3 Å². The molecule has 0 spiro atoms. The molecule has 0 saturated carbocycles. The maximum absolute atomic E-state index is 13.5. The summed E-state index contributed by atoms with van der Waals surface area (Å²) in [5.74, 6) is -0.317. The molecule has 0 bridgehead atoms. The summed E-state index contributed by atoms with van der Waals surface area (Å²) in [5.41, 5.74) is 3.27. The van der Waals surface area contributed by atoms with Gasteiger partial charge in [0.1, 0.15) is 11.1 Å². The van der Waals surface area contributed by atoms with Gasteiger partial charge in [0, 0.05) is 0 Å². The standard InChI is InChI=1S/C21H15N3O5S/c1-10-3-6-14-12(7-10)18(26)16-17(11-4-5-13(25)15(8-11)28-2)24(20(27)19(16)29-14)21-23-22-9-30-21/h3-9,17,25H,1-2H3. The van der Waals surface area contributed by atoms with Crippen LogP contribution in [0.15, 0.2) is 51.1 Å². The van der Waals surface area contributed by atoms with Crippen molar-refractivity contribution in [3.8, 4) is 11.5 Å². The van der Waals surface area contributed by atoms with Gasteiger partial charge in [0.2, 0.25) is 10.9 Å². The van der Waals surface area contributed by atoms with Crippen LogP contribution in [0.25, 0.3) is 11.0 Å². The van der Waals surface area contributed by atoms with Crippen LogP contribution in [0, 0.1) is 6.92 Å². The lowest BCUT2D eigenvalue weighted by atomic mass is 9.98. The molecule has 1 aliphatic rings. The first-order chi connectivity index (χ1) is 14.5.